The van der Waals surface area contributed by atoms with Crippen molar-refractivity contribution in [2.75, 3.05) is 0 Å². The second kappa shape index (κ2) is 3.40. The Kier molecular flexibility index (Phi) is 2.25. The molecule has 0 saturated heterocycles. The van der Waals surface area contributed by atoms with Crippen molar-refractivity contribution in [1.82, 2.24) is 0 Å². The number of carbonyl (C=O) groups is 1. The SMILES string of the molecule is O=C(O)C1=COC2CCC(CC2)C1. The van der Waals surface area contributed by atoms with Gasteiger partial charge >= 0.3 is 5.97 Å². The van der Waals surface area contributed by atoms with Gasteiger partial charge in [0.2, 0.25) is 0 Å². The van der Waals surface area contributed by atoms with Crippen molar-refractivity contribution >= 4 is 5.97 Å². The zero-order valence-electron chi connectivity index (χ0n) is 7.53. The summed E-state index contributed by atoms with van der Waals surface area (Å²) in [6, 6.07) is 0. The van der Waals surface area contributed by atoms with Crippen LogP contribution in [-0.2, 0) is 9.53 Å². The fourth-order valence-corrected chi connectivity index (χ4v) is 2.15. The molecule has 1 saturated carbocycles. The van der Waals surface area contributed by atoms with E-state index in [9.17, 15) is 4.79 Å². The molecule has 0 atom stereocenters. The van der Waals surface area contributed by atoms with Gasteiger partial charge in [-0.1, -0.05) is 0 Å². The molecule has 1 aliphatic carbocycles. The zero-order chi connectivity index (χ0) is 9.26. The molecule has 3 heteroatoms. The van der Waals surface area contributed by atoms with Gasteiger partial charge in [-0.2, -0.15) is 0 Å². The first-order chi connectivity index (χ1) is 6.25. The summed E-state index contributed by atoms with van der Waals surface area (Å²) in [7, 11) is 0. The number of aliphatic carboxylic acids is 1. The minimum Gasteiger partial charge on any atom is -0.497 e. The highest BCUT2D eigenvalue weighted by Crippen LogP contribution is 2.33. The van der Waals surface area contributed by atoms with Gasteiger partial charge in [-0.05, 0) is 38.0 Å². The van der Waals surface area contributed by atoms with Crippen molar-refractivity contribution in [3.8, 4) is 0 Å². The maximum absolute atomic E-state index is 10.7. The van der Waals surface area contributed by atoms with Gasteiger partial charge in [0.1, 0.15) is 0 Å². The van der Waals surface area contributed by atoms with Crippen molar-refractivity contribution in [2.45, 2.75) is 38.2 Å². The molecule has 13 heavy (non-hydrogen) atoms. The van der Waals surface area contributed by atoms with Gasteiger partial charge in [-0.25, -0.2) is 4.79 Å². The lowest BCUT2D eigenvalue weighted by molar-refractivity contribution is -0.133. The lowest BCUT2D eigenvalue weighted by Gasteiger charge is -2.30. The highest BCUT2D eigenvalue weighted by Gasteiger charge is 2.26. The number of hydrogen-bond donors (Lipinski definition) is 1. The third-order valence-corrected chi connectivity index (χ3v) is 2.98. The smallest absolute Gasteiger partial charge is 0.334 e. The van der Waals surface area contributed by atoms with Crippen LogP contribution in [0.3, 0.4) is 0 Å². The highest BCUT2D eigenvalue weighted by molar-refractivity contribution is 5.86. The van der Waals surface area contributed by atoms with Crippen LogP contribution in [0.5, 0.6) is 0 Å². The Morgan fingerprint density at radius 2 is 2.08 bits per heavy atom. The first kappa shape index (κ1) is 8.60. The van der Waals surface area contributed by atoms with Crippen LogP contribution in [0.15, 0.2) is 11.8 Å². The summed E-state index contributed by atoms with van der Waals surface area (Å²) in [4.78, 5) is 10.7. The molecule has 2 heterocycles. The van der Waals surface area contributed by atoms with Gasteiger partial charge in [-0.15, -0.1) is 0 Å². The molecular weight excluding hydrogens is 168 g/mol. The van der Waals surface area contributed by atoms with Gasteiger partial charge in [0, 0.05) is 0 Å². The number of carboxylic acids is 1. The number of carboxylic acid groups (broad SMARTS) is 1. The Labute approximate surface area is 77.4 Å². The minimum absolute atomic E-state index is 0.269. The van der Waals surface area contributed by atoms with Gasteiger partial charge in [0.05, 0.1) is 17.9 Å². The van der Waals surface area contributed by atoms with E-state index in [2.05, 4.69) is 0 Å². The van der Waals surface area contributed by atoms with Crippen molar-refractivity contribution < 1.29 is 14.6 Å². The highest BCUT2D eigenvalue weighted by atomic mass is 16.5. The Morgan fingerprint density at radius 3 is 2.69 bits per heavy atom. The van der Waals surface area contributed by atoms with E-state index in [1.165, 1.54) is 6.26 Å². The predicted octanol–water partition coefficient (Wildman–Crippen LogP) is 1.93. The Bertz CT molecular complexity index is 237. The van der Waals surface area contributed by atoms with E-state index < -0.39 is 5.97 Å². The van der Waals surface area contributed by atoms with E-state index >= 15 is 0 Å². The fourth-order valence-electron chi connectivity index (χ4n) is 2.15. The molecular formula is C10H14O3. The summed E-state index contributed by atoms with van der Waals surface area (Å²) in [5, 5.41) is 8.83. The third kappa shape index (κ3) is 1.85. The first-order valence-electron chi connectivity index (χ1n) is 4.83. The minimum atomic E-state index is -0.826. The van der Waals surface area contributed by atoms with Crippen LogP contribution in [0.1, 0.15) is 32.1 Å². The summed E-state index contributed by atoms with van der Waals surface area (Å²) >= 11 is 0. The molecule has 72 valence electrons. The van der Waals surface area contributed by atoms with Crippen molar-refractivity contribution in [3.63, 3.8) is 0 Å². The Balaban J connectivity index is 2.14. The lowest BCUT2D eigenvalue weighted by atomic mass is 9.82. The molecule has 0 amide bonds. The van der Waals surface area contributed by atoms with Crippen LogP contribution in [0.4, 0.5) is 0 Å². The van der Waals surface area contributed by atoms with Crippen LogP contribution in [0, 0.1) is 5.92 Å². The quantitative estimate of drug-likeness (QED) is 0.674. The molecule has 2 bridgehead atoms. The standard InChI is InChI=1S/C10H14O3/c11-10(12)8-5-7-1-3-9(4-2-7)13-6-8/h6-7,9H,1-5H2,(H,11,12). The number of hydrogen-bond acceptors (Lipinski definition) is 2. The molecule has 2 aliphatic heterocycles. The molecule has 3 aliphatic rings. The number of rotatable bonds is 1. The molecule has 1 fully saturated rings. The molecule has 0 radical (unpaired) electrons. The summed E-state index contributed by atoms with van der Waals surface area (Å²) in [5.41, 5.74) is 0.439. The van der Waals surface area contributed by atoms with Gasteiger partial charge in [0.15, 0.2) is 0 Å². The van der Waals surface area contributed by atoms with E-state index in [1.54, 1.807) is 0 Å². The van der Waals surface area contributed by atoms with E-state index in [4.69, 9.17) is 9.84 Å². The van der Waals surface area contributed by atoms with Crippen LogP contribution in [-0.4, -0.2) is 17.2 Å². The predicted molar refractivity (Wildman–Crippen MR) is 47.2 cm³/mol. The van der Waals surface area contributed by atoms with Gasteiger partial charge < -0.3 is 9.84 Å². The molecule has 3 nitrogen and oxygen atoms in total. The van der Waals surface area contributed by atoms with Crippen LogP contribution >= 0.6 is 0 Å². The summed E-state index contributed by atoms with van der Waals surface area (Å²) in [5.74, 6) is -0.255. The van der Waals surface area contributed by atoms with Gasteiger partial charge in [0.25, 0.3) is 0 Å². The topological polar surface area (TPSA) is 46.5 Å². The zero-order valence-corrected chi connectivity index (χ0v) is 7.53. The first-order valence-corrected chi connectivity index (χ1v) is 4.83. The number of fused-ring (bicyclic) bond motifs is 4. The molecule has 3 rings (SSSR count). The monoisotopic (exact) mass is 182 g/mol. The largest absolute Gasteiger partial charge is 0.497 e. The van der Waals surface area contributed by atoms with E-state index in [1.807, 2.05) is 0 Å². The lowest BCUT2D eigenvalue weighted by Crippen LogP contribution is -2.24. The molecule has 0 aromatic carbocycles. The van der Waals surface area contributed by atoms with Crippen LogP contribution in [0.25, 0.3) is 0 Å². The van der Waals surface area contributed by atoms with Gasteiger partial charge in [-0.3, -0.25) is 0 Å². The van der Waals surface area contributed by atoms with Crippen molar-refractivity contribution in [3.05, 3.63) is 11.8 Å². The molecule has 1 N–H and O–H groups in total. The van der Waals surface area contributed by atoms with E-state index in [0.717, 1.165) is 25.7 Å². The maximum atomic E-state index is 10.7. The Hall–Kier alpha value is -0.990. The second-order valence-corrected chi connectivity index (χ2v) is 3.93. The fraction of sp³-hybridized carbons (Fsp3) is 0.700. The second-order valence-electron chi connectivity index (χ2n) is 3.93. The van der Waals surface area contributed by atoms with E-state index in [0.29, 0.717) is 17.9 Å². The molecule has 0 aromatic heterocycles. The average molecular weight is 182 g/mol. The van der Waals surface area contributed by atoms with Crippen molar-refractivity contribution in [1.29, 1.82) is 0 Å². The van der Waals surface area contributed by atoms with E-state index in [-0.39, 0.29) is 6.10 Å². The molecule has 0 aromatic rings. The van der Waals surface area contributed by atoms with Crippen LogP contribution < -0.4 is 0 Å². The summed E-state index contributed by atoms with van der Waals surface area (Å²) in [6.45, 7) is 0. The molecule has 0 spiro atoms. The summed E-state index contributed by atoms with van der Waals surface area (Å²) in [6.07, 6.45) is 6.83. The Morgan fingerprint density at radius 1 is 1.38 bits per heavy atom. The van der Waals surface area contributed by atoms with Crippen molar-refractivity contribution in [2.24, 2.45) is 5.92 Å². The van der Waals surface area contributed by atoms with Crippen LogP contribution in [0.2, 0.25) is 0 Å². The average Bonchev–Trinajstić information content (AvgIpc) is 2.05. The third-order valence-electron chi connectivity index (χ3n) is 2.98. The number of ether oxygens (including phenoxy) is 1. The normalized spacial score (nSPS) is 32.8. The molecule has 0 unspecified atom stereocenters. The summed E-state index contributed by atoms with van der Waals surface area (Å²) < 4.78 is 5.40. The maximum Gasteiger partial charge on any atom is 0.334 e.